The molecule has 3 heterocycles. The third kappa shape index (κ3) is 6.70. The van der Waals surface area contributed by atoms with E-state index >= 15 is 0 Å². The minimum Gasteiger partial charge on any atom is -0.490 e. The number of ether oxygens (including phenoxy) is 3. The molecule has 50 heavy (non-hydrogen) atoms. The zero-order valence-electron chi connectivity index (χ0n) is 30.5. The maximum atomic E-state index is 14.0. The van der Waals surface area contributed by atoms with Crippen LogP contribution in [-0.2, 0) is 31.0 Å². The monoisotopic (exact) mass is 725 g/mol. The van der Waals surface area contributed by atoms with Gasteiger partial charge in [-0.1, -0.05) is 37.9 Å². The van der Waals surface area contributed by atoms with Crippen molar-refractivity contribution in [3.63, 3.8) is 0 Å². The van der Waals surface area contributed by atoms with Crippen molar-refractivity contribution in [3.8, 4) is 5.75 Å². The van der Waals surface area contributed by atoms with E-state index in [4.69, 9.17) is 25.8 Å². The summed E-state index contributed by atoms with van der Waals surface area (Å²) in [5, 5.41) is 0.483. The van der Waals surface area contributed by atoms with Crippen LogP contribution in [0.5, 0.6) is 5.75 Å². The molecule has 5 aliphatic rings. The van der Waals surface area contributed by atoms with E-state index in [1.165, 1.54) is 11.1 Å². The number of hydrogen-bond acceptors (Lipinski definition) is 7. The van der Waals surface area contributed by atoms with Crippen LogP contribution in [0.3, 0.4) is 0 Å². The van der Waals surface area contributed by atoms with Gasteiger partial charge in [-0.05, 0) is 131 Å². The molecule has 2 bridgehead atoms. The summed E-state index contributed by atoms with van der Waals surface area (Å²) < 4.78 is 36.8. The van der Waals surface area contributed by atoms with Gasteiger partial charge in [-0.2, -0.15) is 0 Å². The molecule has 7 rings (SSSR count). The molecule has 3 aliphatic heterocycles. The van der Waals surface area contributed by atoms with Crippen LogP contribution in [0.1, 0.15) is 87.2 Å². The molecule has 10 heteroatoms. The molecule has 7 atom stereocenters. The van der Waals surface area contributed by atoms with Crippen molar-refractivity contribution in [2.24, 2.45) is 23.2 Å². The van der Waals surface area contributed by atoms with Crippen molar-refractivity contribution in [2.45, 2.75) is 95.1 Å². The van der Waals surface area contributed by atoms with Crippen molar-refractivity contribution >= 4 is 38.8 Å². The molecule has 2 aromatic rings. The Balaban J connectivity index is 1.29. The lowest BCUT2D eigenvalue weighted by atomic mass is 9.57. The number of halogens is 1. The number of fused-ring (bicyclic) bond motifs is 4. The van der Waals surface area contributed by atoms with E-state index in [-0.39, 0.29) is 40.2 Å². The first-order chi connectivity index (χ1) is 23.8. The molecule has 1 saturated carbocycles. The number of hydrogen-bond donors (Lipinski definition) is 1. The minimum absolute atomic E-state index is 0.112. The molecule has 1 spiro atoms. The molecule has 274 valence electrons. The molecule has 0 radical (unpaired) electrons. The highest BCUT2D eigenvalue weighted by Gasteiger charge is 2.52. The van der Waals surface area contributed by atoms with Crippen molar-refractivity contribution in [1.82, 2.24) is 9.62 Å². The Bertz CT molecular complexity index is 1690. The molecule has 1 unspecified atom stereocenters. The van der Waals surface area contributed by atoms with Crippen molar-refractivity contribution in [2.75, 3.05) is 51.9 Å². The highest BCUT2D eigenvalue weighted by Crippen LogP contribution is 2.54. The van der Waals surface area contributed by atoms with Gasteiger partial charge in [-0.3, -0.25) is 9.52 Å². The van der Waals surface area contributed by atoms with Gasteiger partial charge < -0.3 is 24.0 Å². The van der Waals surface area contributed by atoms with Gasteiger partial charge >= 0.3 is 0 Å². The predicted molar refractivity (Wildman–Crippen MR) is 203 cm³/mol. The van der Waals surface area contributed by atoms with E-state index in [0.717, 1.165) is 80.9 Å². The second kappa shape index (κ2) is 13.9. The van der Waals surface area contributed by atoms with Crippen LogP contribution in [0.4, 0.5) is 5.69 Å². The van der Waals surface area contributed by atoms with Gasteiger partial charge in [0.15, 0.2) is 6.29 Å². The SMILES string of the molecule is C=S1(=O)NC(=O)c2ccc3c(c2)N(C[C@@H]2CC[C@H]2[C@](C)(C2OCC(N(C)C)CO2)CCC[C@H](C)[C@H]1C)C[C@@]1(CCCc2cc(Cl)ccc21)CO3. The lowest BCUT2D eigenvalue weighted by Gasteiger charge is -2.54. The number of likely N-dealkylation sites (N-methyl/N-ethyl adjacent to an activating group) is 1. The largest absolute Gasteiger partial charge is 0.490 e. The maximum Gasteiger partial charge on any atom is 0.262 e. The molecular formula is C40H56ClN3O5S. The summed E-state index contributed by atoms with van der Waals surface area (Å²) in [6.07, 6.45) is 7.88. The Morgan fingerprint density at radius 3 is 2.54 bits per heavy atom. The average Bonchev–Trinajstić information content (AvgIpc) is 3.22. The summed E-state index contributed by atoms with van der Waals surface area (Å²) in [7, 11) is 1.25. The smallest absolute Gasteiger partial charge is 0.262 e. The summed E-state index contributed by atoms with van der Waals surface area (Å²) in [6.45, 7) is 9.99. The number of anilines is 1. The number of nitrogens with one attached hydrogen (secondary N) is 1. The Morgan fingerprint density at radius 2 is 1.82 bits per heavy atom. The minimum atomic E-state index is -2.92. The summed E-state index contributed by atoms with van der Waals surface area (Å²) in [6, 6.07) is 12.3. The lowest BCUT2D eigenvalue weighted by Crippen LogP contribution is -2.56. The summed E-state index contributed by atoms with van der Waals surface area (Å²) in [5.74, 6) is 5.45. The van der Waals surface area contributed by atoms with Crippen molar-refractivity contribution in [1.29, 1.82) is 0 Å². The van der Waals surface area contributed by atoms with Gasteiger partial charge in [0.2, 0.25) is 0 Å². The van der Waals surface area contributed by atoms with Crippen LogP contribution in [0, 0.1) is 23.2 Å². The average molecular weight is 726 g/mol. The van der Waals surface area contributed by atoms with E-state index in [1.807, 2.05) is 25.1 Å². The maximum absolute atomic E-state index is 14.0. The van der Waals surface area contributed by atoms with Gasteiger partial charge in [0.25, 0.3) is 5.91 Å². The number of rotatable bonds is 2. The second-order valence-electron chi connectivity index (χ2n) is 16.6. The third-order valence-corrected chi connectivity index (χ3v) is 15.6. The van der Waals surface area contributed by atoms with Crippen LogP contribution in [0.2, 0.25) is 5.02 Å². The molecule has 1 N–H and O–H groups in total. The number of carbonyl (C=O) groups excluding carboxylic acids is 1. The number of amides is 1. The molecule has 1 saturated heterocycles. The van der Waals surface area contributed by atoms with Crippen LogP contribution >= 0.6 is 11.6 Å². The van der Waals surface area contributed by atoms with Crippen LogP contribution < -0.4 is 14.4 Å². The highest BCUT2D eigenvalue weighted by molar-refractivity contribution is 7.99. The highest BCUT2D eigenvalue weighted by atomic mass is 35.5. The fraction of sp³-hybridized carbons (Fsp3) is 0.650. The topological polar surface area (TPSA) is 80.3 Å². The zero-order chi connectivity index (χ0) is 35.4. The van der Waals surface area contributed by atoms with Crippen molar-refractivity contribution in [3.05, 3.63) is 58.1 Å². The summed E-state index contributed by atoms with van der Waals surface area (Å²) in [5.41, 5.74) is 3.62. The second-order valence-corrected chi connectivity index (χ2v) is 19.4. The number of aryl methyl sites for hydroxylation is 1. The fourth-order valence-corrected chi connectivity index (χ4v) is 11.3. The van der Waals surface area contributed by atoms with Gasteiger partial charge in [0, 0.05) is 39.8 Å². The molecule has 0 aromatic heterocycles. The lowest BCUT2D eigenvalue weighted by molar-refractivity contribution is -0.272. The first kappa shape index (κ1) is 36.1. The number of nitrogens with zero attached hydrogens (tertiary/aromatic N) is 2. The zero-order valence-corrected chi connectivity index (χ0v) is 32.1. The normalized spacial score (nSPS) is 37.9. The number of benzene rings is 2. The Kier molecular flexibility index (Phi) is 10.0. The molecule has 8 nitrogen and oxygen atoms in total. The standard InChI is InChI=1S/C40H56ClN3O5S/c1-26-9-7-17-39(3,38-47-22-32(23-48-38)43(4)5)33-14-11-30(33)21-44-24-40(18-8-10-28-19-31(41)13-15-34(28)40)25-49-36-16-12-29(20-35(36)44)37(45)42-50(6,46)27(26)2/h12-13,15-16,19-20,26-27,30,32-33,38H,6-11,14,17-18,21-25H2,1-5H3,(H,42,45,46)/t26-,27+,30-,32?,33+,38?,39+,40-,50?/m0/s1. The Hall–Kier alpha value is -2.30. The summed E-state index contributed by atoms with van der Waals surface area (Å²) >= 11 is 6.50. The molecule has 2 aromatic carbocycles. The van der Waals surface area contributed by atoms with Crippen LogP contribution in [-0.4, -0.2) is 85.5 Å². The number of carbonyl (C=O) groups is 1. The molecular weight excluding hydrogens is 670 g/mol. The van der Waals surface area contributed by atoms with E-state index < -0.39 is 9.71 Å². The van der Waals surface area contributed by atoms with Gasteiger partial charge in [-0.25, -0.2) is 4.21 Å². The quantitative estimate of drug-likeness (QED) is 0.345. The van der Waals surface area contributed by atoms with E-state index in [0.29, 0.717) is 37.2 Å². The first-order valence-corrected chi connectivity index (χ1v) is 20.8. The molecule has 2 aliphatic carbocycles. The Morgan fingerprint density at radius 1 is 1.04 bits per heavy atom. The van der Waals surface area contributed by atoms with E-state index in [1.54, 1.807) is 6.07 Å². The first-order valence-electron chi connectivity index (χ1n) is 18.7. The predicted octanol–water partition coefficient (Wildman–Crippen LogP) is 6.72. The van der Waals surface area contributed by atoms with E-state index in [2.05, 4.69) is 60.5 Å². The summed E-state index contributed by atoms with van der Waals surface area (Å²) in [4.78, 5) is 18.4. The van der Waals surface area contributed by atoms with Gasteiger partial charge in [0.1, 0.15) is 5.75 Å². The van der Waals surface area contributed by atoms with Crippen LogP contribution in [0.25, 0.3) is 0 Å². The fourth-order valence-electron chi connectivity index (χ4n) is 9.57. The van der Waals surface area contributed by atoms with Gasteiger partial charge in [-0.15, -0.1) is 0 Å². The third-order valence-electron chi connectivity index (χ3n) is 13.2. The van der Waals surface area contributed by atoms with Crippen molar-refractivity contribution < 1.29 is 23.2 Å². The Labute approximate surface area is 304 Å². The van der Waals surface area contributed by atoms with E-state index in [9.17, 15) is 9.00 Å². The molecule has 2 fully saturated rings. The molecule has 1 amide bonds. The van der Waals surface area contributed by atoms with Gasteiger partial charge in [0.05, 0.1) is 41.3 Å². The van der Waals surface area contributed by atoms with Crippen LogP contribution in [0.15, 0.2) is 36.4 Å².